The number of hydrogen-bond donors (Lipinski definition) is 1. The van der Waals surface area contributed by atoms with Crippen molar-refractivity contribution in [3.05, 3.63) is 71.8 Å². The van der Waals surface area contributed by atoms with Crippen LogP contribution in [-0.2, 0) is 21.5 Å². The first-order valence-corrected chi connectivity index (χ1v) is 11.5. The van der Waals surface area contributed by atoms with E-state index in [1.807, 2.05) is 74.5 Å². The van der Waals surface area contributed by atoms with E-state index in [0.29, 0.717) is 18.5 Å². The van der Waals surface area contributed by atoms with E-state index in [2.05, 4.69) is 12.2 Å². The van der Waals surface area contributed by atoms with Gasteiger partial charge in [-0.15, -0.1) is 0 Å². The van der Waals surface area contributed by atoms with E-state index in [-0.39, 0.29) is 24.4 Å². The van der Waals surface area contributed by atoms with Crippen LogP contribution >= 0.6 is 0 Å². The summed E-state index contributed by atoms with van der Waals surface area (Å²) < 4.78 is 0. The Balaban J connectivity index is 1.90. The highest BCUT2D eigenvalue weighted by atomic mass is 16.2. The molecule has 4 amide bonds. The van der Waals surface area contributed by atoms with Crippen molar-refractivity contribution in [2.45, 2.75) is 58.0 Å². The average molecular weight is 436 g/mol. The summed E-state index contributed by atoms with van der Waals surface area (Å²) in [7, 11) is 0. The van der Waals surface area contributed by atoms with Gasteiger partial charge in [0.2, 0.25) is 5.91 Å². The van der Waals surface area contributed by atoms with Crippen LogP contribution in [0.3, 0.4) is 0 Å². The second-order valence-electron chi connectivity index (χ2n) is 8.45. The number of nitrogens with one attached hydrogen (secondary N) is 1. The van der Waals surface area contributed by atoms with Gasteiger partial charge in [0, 0.05) is 19.0 Å². The molecule has 1 saturated heterocycles. The predicted octanol–water partition coefficient (Wildman–Crippen LogP) is 4.10. The van der Waals surface area contributed by atoms with E-state index in [1.54, 1.807) is 4.90 Å². The van der Waals surface area contributed by atoms with E-state index >= 15 is 0 Å². The van der Waals surface area contributed by atoms with Crippen LogP contribution in [-0.4, -0.2) is 46.8 Å². The standard InChI is InChI=1S/C26H33N3O3/c1-4-6-17-28(20(3)5-2)23(30)19-29-24(31)26(27-25(29)32,22-15-11-8-12-16-22)18-21-13-9-7-10-14-21/h7-16,20H,4-6,17-19H2,1-3H3,(H,27,32)/t20-,26+/m1/s1. The minimum atomic E-state index is -1.23. The fourth-order valence-electron chi connectivity index (χ4n) is 4.18. The third kappa shape index (κ3) is 4.85. The Morgan fingerprint density at radius 1 is 1.03 bits per heavy atom. The monoisotopic (exact) mass is 435 g/mol. The number of imide groups is 1. The molecular weight excluding hydrogens is 402 g/mol. The highest BCUT2D eigenvalue weighted by Gasteiger charge is 2.53. The second kappa shape index (κ2) is 10.4. The maximum atomic E-state index is 13.7. The summed E-state index contributed by atoms with van der Waals surface area (Å²) in [5, 5.41) is 2.93. The Morgan fingerprint density at radius 3 is 2.25 bits per heavy atom. The van der Waals surface area contributed by atoms with Gasteiger partial charge in [0.15, 0.2) is 5.54 Å². The van der Waals surface area contributed by atoms with Crippen LogP contribution in [0, 0.1) is 0 Å². The Labute approximate surface area is 190 Å². The SMILES string of the molecule is CCCCN(C(=O)CN1C(=O)N[C@@](Cc2ccccc2)(c2ccccc2)C1=O)[C@H](C)CC. The lowest BCUT2D eigenvalue weighted by molar-refractivity contribution is -0.140. The first-order valence-electron chi connectivity index (χ1n) is 11.5. The molecule has 2 atom stereocenters. The van der Waals surface area contributed by atoms with Gasteiger partial charge in [-0.1, -0.05) is 80.9 Å². The molecule has 6 heteroatoms. The zero-order valence-electron chi connectivity index (χ0n) is 19.2. The van der Waals surface area contributed by atoms with Gasteiger partial charge in [0.1, 0.15) is 6.54 Å². The van der Waals surface area contributed by atoms with E-state index in [1.165, 1.54) is 0 Å². The topological polar surface area (TPSA) is 69.7 Å². The van der Waals surface area contributed by atoms with Crippen LogP contribution < -0.4 is 5.32 Å². The van der Waals surface area contributed by atoms with Gasteiger partial charge in [-0.3, -0.25) is 14.5 Å². The number of benzene rings is 2. The summed E-state index contributed by atoms with van der Waals surface area (Å²) in [4.78, 5) is 42.8. The van der Waals surface area contributed by atoms with E-state index in [4.69, 9.17) is 0 Å². The number of carbonyl (C=O) groups excluding carboxylic acids is 3. The number of carbonyl (C=O) groups is 3. The summed E-state index contributed by atoms with van der Waals surface area (Å²) >= 11 is 0. The van der Waals surface area contributed by atoms with Crippen molar-refractivity contribution >= 4 is 17.8 Å². The quantitative estimate of drug-likeness (QED) is 0.571. The third-order valence-corrected chi connectivity index (χ3v) is 6.24. The van der Waals surface area contributed by atoms with Gasteiger partial charge >= 0.3 is 6.03 Å². The van der Waals surface area contributed by atoms with Crippen molar-refractivity contribution in [1.82, 2.24) is 15.1 Å². The van der Waals surface area contributed by atoms with Crippen molar-refractivity contribution in [2.75, 3.05) is 13.1 Å². The zero-order chi connectivity index (χ0) is 23.1. The van der Waals surface area contributed by atoms with E-state index < -0.39 is 11.6 Å². The number of hydrogen-bond acceptors (Lipinski definition) is 3. The fraction of sp³-hybridized carbons (Fsp3) is 0.423. The third-order valence-electron chi connectivity index (χ3n) is 6.24. The van der Waals surface area contributed by atoms with Crippen LogP contribution in [0.25, 0.3) is 0 Å². The highest BCUT2D eigenvalue weighted by molar-refractivity contribution is 6.09. The van der Waals surface area contributed by atoms with Crippen molar-refractivity contribution in [3.63, 3.8) is 0 Å². The summed E-state index contributed by atoms with van der Waals surface area (Å²) in [5.41, 5.74) is 0.411. The predicted molar refractivity (Wildman–Crippen MR) is 125 cm³/mol. The molecule has 0 spiro atoms. The van der Waals surface area contributed by atoms with Crippen LogP contribution in [0.15, 0.2) is 60.7 Å². The first-order chi connectivity index (χ1) is 15.4. The van der Waals surface area contributed by atoms with E-state index in [9.17, 15) is 14.4 Å². The van der Waals surface area contributed by atoms with Gasteiger partial charge in [0.25, 0.3) is 5.91 Å². The van der Waals surface area contributed by atoms with Gasteiger partial charge in [-0.2, -0.15) is 0 Å². The van der Waals surface area contributed by atoms with Crippen molar-refractivity contribution in [1.29, 1.82) is 0 Å². The maximum absolute atomic E-state index is 13.7. The smallest absolute Gasteiger partial charge is 0.325 e. The summed E-state index contributed by atoms with van der Waals surface area (Å²) in [6.45, 7) is 6.49. The average Bonchev–Trinajstić information content (AvgIpc) is 3.05. The molecule has 6 nitrogen and oxygen atoms in total. The van der Waals surface area contributed by atoms with Crippen LogP contribution in [0.5, 0.6) is 0 Å². The zero-order valence-corrected chi connectivity index (χ0v) is 19.2. The van der Waals surface area contributed by atoms with Crippen LogP contribution in [0.2, 0.25) is 0 Å². The molecule has 32 heavy (non-hydrogen) atoms. The molecule has 1 heterocycles. The molecule has 2 aromatic rings. The van der Waals surface area contributed by atoms with Gasteiger partial charge < -0.3 is 10.2 Å². The molecule has 3 rings (SSSR count). The summed E-state index contributed by atoms with van der Waals surface area (Å²) in [6, 6.07) is 18.4. The number of unbranched alkanes of at least 4 members (excludes halogenated alkanes) is 1. The van der Waals surface area contributed by atoms with Gasteiger partial charge in [-0.25, -0.2) is 4.79 Å². The van der Waals surface area contributed by atoms with E-state index in [0.717, 1.165) is 29.7 Å². The van der Waals surface area contributed by atoms with Crippen LogP contribution in [0.1, 0.15) is 51.2 Å². The minimum absolute atomic E-state index is 0.0537. The Morgan fingerprint density at radius 2 is 1.66 bits per heavy atom. The number of nitrogens with zero attached hydrogens (tertiary/aromatic N) is 2. The number of rotatable bonds is 10. The van der Waals surface area contributed by atoms with Crippen molar-refractivity contribution in [3.8, 4) is 0 Å². The summed E-state index contributed by atoms with van der Waals surface area (Å²) in [6.07, 6.45) is 2.99. The summed E-state index contributed by atoms with van der Waals surface area (Å²) in [5.74, 6) is -0.578. The Bertz CT molecular complexity index is 932. The Kier molecular flexibility index (Phi) is 7.67. The molecule has 1 N–H and O–H groups in total. The molecule has 0 saturated carbocycles. The highest BCUT2D eigenvalue weighted by Crippen LogP contribution is 2.33. The lowest BCUT2D eigenvalue weighted by atomic mass is 9.83. The largest absolute Gasteiger partial charge is 0.338 e. The molecular formula is C26H33N3O3. The minimum Gasteiger partial charge on any atom is -0.338 e. The Hall–Kier alpha value is -3.15. The normalized spacial score (nSPS) is 19.0. The van der Waals surface area contributed by atoms with Crippen molar-refractivity contribution in [2.24, 2.45) is 0 Å². The molecule has 170 valence electrons. The number of urea groups is 1. The lowest BCUT2D eigenvalue weighted by Crippen LogP contribution is -2.48. The molecule has 0 aliphatic carbocycles. The molecule has 0 aromatic heterocycles. The molecule has 1 fully saturated rings. The molecule has 2 aromatic carbocycles. The molecule has 0 bridgehead atoms. The number of amides is 4. The second-order valence-corrected chi connectivity index (χ2v) is 8.45. The van der Waals surface area contributed by atoms with Crippen molar-refractivity contribution < 1.29 is 14.4 Å². The molecule has 1 aliphatic rings. The van der Waals surface area contributed by atoms with Crippen LogP contribution in [0.4, 0.5) is 4.79 Å². The first kappa shape index (κ1) is 23.5. The fourth-order valence-corrected chi connectivity index (χ4v) is 4.18. The molecule has 0 radical (unpaired) electrons. The lowest BCUT2D eigenvalue weighted by Gasteiger charge is -2.30. The van der Waals surface area contributed by atoms with Gasteiger partial charge in [0.05, 0.1) is 0 Å². The molecule has 0 unspecified atom stereocenters. The van der Waals surface area contributed by atoms with Gasteiger partial charge in [-0.05, 0) is 30.9 Å². The molecule has 1 aliphatic heterocycles. The maximum Gasteiger partial charge on any atom is 0.325 e.